The molecule has 0 unspecified atom stereocenters. The van der Waals surface area contributed by atoms with Crippen molar-refractivity contribution >= 4 is 28.5 Å². The Morgan fingerprint density at radius 3 is 2.74 bits per heavy atom. The third-order valence-electron chi connectivity index (χ3n) is 3.88. The monoisotopic (exact) mass is 316 g/mol. The van der Waals surface area contributed by atoms with E-state index in [1.165, 1.54) is 0 Å². The molecule has 0 aliphatic carbocycles. The van der Waals surface area contributed by atoms with Crippen molar-refractivity contribution < 1.29 is 18.7 Å². The number of hydrogen-bond acceptors (Lipinski definition) is 4. The van der Waals surface area contributed by atoms with E-state index in [2.05, 4.69) is 5.32 Å². The molecule has 3 rings (SSSR count). The molecule has 1 aromatic heterocycles. The Balaban J connectivity index is 1.94. The highest BCUT2D eigenvalue weighted by Crippen LogP contribution is 2.32. The normalized spacial score (nSPS) is 14.4. The Bertz CT molecular complexity index is 716. The van der Waals surface area contributed by atoms with Gasteiger partial charge in [0.05, 0.1) is 0 Å². The van der Waals surface area contributed by atoms with Crippen molar-refractivity contribution in [2.24, 2.45) is 0 Å². The molecule has 0 atom stereocenters. The maximum Gasteiger partial charge on any atom is 0.291 e. The van der Waals surface area contributed by atoms with Crippen LogP contribution in [-0.2, 0) is 9.53 Å². The van der Waals surface area contributed by atoms with Crippen molar-refractivity contribution in [3.05, 3.63) is 30.0 Å². The number of nitrogens with one attached hydrogen (secondary N) is 1. The standard InChI is InChI=1S/C17H20N2O4/c1-2-22-11-14(20)18-15-12-7-3-4-8-13(12)23-16(15)17(21)19-9-5-6-10-19/h3-4,7-8H,2,5-6,9-11H2,1H3,(H,18,20). The topological polar surface area (TPSA) is 71.8 Å². The summed E-state index contributed by atoms with van der Waals surface area (Å²) in [4.78, 5) is 26.4. The number of furan rings is 1. The van der Waals surface area contributed by atoms with Gasteiger partial charge in [0.1, 0.15) is 17.9 Å². The van der Waals surface area contributed by atoms with Crippen molar-refractivity contribution in [3.63, 3.8) is 0 Å². The van der Waals surface area contributed by atoms with Gasteiger partial charge in [-0.05, 0) is 31.9 Å². The largest absolute Gasteiger partial charge is 0.449 e. The minimum absolute atomic E-state index is 0.0483. The number of benzene rings is 1. The zero-order valence-corrected chi connectivity index (χ0v) is 13.1. The van der Waals surface area contributed by atoms with Crippen molar-refractivity contribution in [3.8, 4) is 0 Å². The van der Waals surface area contributed by atoms with Crippen molar-refractivity contribution in [2.75, 3.05) is 31.6 Å². The van der Waals surface area contributed by atoms with Crippen LogP contribution in [0.2, 0.25) is 0 Å². The van der Waals surface area contributed by atoms with E-state index in [1.54, 1.807) is 11.0 Å². The summed E-state index contributed by atoms with van der Waals surface area (Å²) in [6.45, 7) is 3.68. The Morgan fingerprint density at radius 2 is 2.00 bits per heavy atom. The predicted molar refractivity (Wildman–Crippen MR) is 86.5 cm³/mol. The van der Waals surface area contributed by atoms with Crippen molar-refractivity contribution in [2.45, 2.75) is 19.8 Å². The molecule has 1 N–H and O–H groups in total. The van der Waals surface area contributed by atoms with E-state index in [0.29, 0.717) is 17.9 Å². The highest BCUT2D eigenvalue weighted by Gasteiger charge is 2.27. The number of rotatable bonds is 5. The van der Waals surface area contributed by atoms with Gasteiger partial charge >= 0.3 is 0 Å². The van der Waals surface area contributed by atoms with Crippen molar-refractivity contribution in [1.82, 2.24) is 4.90 Å². The maximum atomic E-state index is 12.7. The zero-order chi connectivity index (χ0) is 16.2. The minimum atomic E-state index is -0.297. The molecule has 0 bridgehead atoms. The first kappa shape index (κ1) is 15.6. The number of likely N-dealkylation sites (tertiary alicyclic amines) is 1. The molecule has 0 radical (unpaired) electrons. The average Bonchev–Trinajstić information content (AvgIpc) is 3.21. The summed E-state index contributed by atoms with van der Waals surface area (Å²) in [5.74, 6) is -0.280. The lowest BCUT2D eigenvalue weighted by molar-refractivity contribution is -0.120. The smallest absolute Gasteiger partial charge is 0.291 e. The van der Waals surface area contributed by atoms with Crippen LogP contribution in [0.3, 0.4) is 0 Å². The Labute approximate surface area is 134 Å². The SMILES string of the molecule is CCOCC(=O)Nc1c(C(=O)N2CCCC2)oc2ccccc12. The van der Waals surface area contributed by atoms with Gasteiger partial charge in [0.15, 0.2) is 0 Å². The first-order chi connectivity index (χ1) is 11.2. The number of carbonyl (C=O) groups is 2. The van der Waals surface area contributed by atoms with Crippen LogP contribution < -0.4 is 5.32 Å². The van der Waals surface area contributed by atoms with Gasteiger partial charge in [-0.3, -0.25) is 9.59 Å². The van der Waals surface area contributed by atoms with Crippen LogP contribution in [0, 0.1) is 0 Å². The van der Waals surface area contributed by atoms with E-state index in [0.717, 1.165) is 31.3 Å². The van der Waals surface area contributed by atoms with Gasteiger partial charge < -0.3 is 19.4 Å². The number of carbonyl (C=O) groups excluding carboxylic acids is 2. The van der Waals surface area contributed by atoms with Gasteiger partial charge in [-0.15, -0.1) is 0 Å². The van der Waals surface area contributed by atoms with Gasteiger partial charge in [-0.25, -0.2) is 0 Å². The van der Waals surface area contributed by atoms with Crippen molar-refractivity contribution in [1.29, 1.82) is 0 Å². The summed E-state index contributed by atoms with van der Waals surface area (Å²) < 4.78 is 10.9. The molecule has 1 fully saturated rings. The summed E-state index contributed by atoms with van der Waals surface area (Å²) in [6.07, 6.45) is 2.00. The van der Waals surface area contributed by atoms with Crippen LogP contribution in [-0.4, -0.2) is 43.0 Å². The van der Waals surface area contributed by atoms with Crippen LogP contribution in [0.1, 0.15) is 30.3 Å². The van der Waals surface area contributed by atoms with Gasteiger partial charge in [0, 0.05) is 25.1 Å². The fourth-order valence-corrected chi connectivity index (χ4v) is 2.75. The molecule has 1 saturated heterocycles. The molecule has 6 heteroatoms. The van der Waals surface area contributed by atoms with Crippen LogP contribution in [0.15, 0.2) is 28.7 Å². The quantitative estimate of drug-likeness (QED) is 0.920. The van der Waals surface area contributed by atoms with Crippen LogP contribution in [0.25, 0.3) is 11.0 Å². The summed E-state index contributed by atoms with van der Waals surface area (Å²) in [6, 6.07) is 7.30. The van der Waals surface area contributed by atoms with Crippen LogP contribution in [0.5, 0.6) is 0 Å². The molecule has 1 aliphatic heterocycles. The second-order valence-electron chi connectivity index (χ2n) is 5.49. The molecular weight excluding hydrogens is 296 g/mol. The number of fused-ring (bicyclic) bond motifs is 1. The molecule has 2 heterocycles. The fourth-order valence-electron chi connectivity index (χ4n) is 2.75. The Hall–Kier alpha value is -2.34. The minimum Gasteiger partial charge on any atom is -0.449 e. The second kappa shape index (κ2) is 6.83. The summed E-state index contributed by atoms with van der Waals surface area (Å²) in [7, 11) is 0. The molecule has 0 saturated carbocycles. The predicted octanol–water partition coefficient (Wildman–Crippen LogP) is 2.64. The van der Waals surface area contributed by atoms with E-state index >= 15 is 0 Å². The molecule has 0 spiro atoms. The Morgan fingerprint density at radius 1 is 1.26 bits per heavy atom. The Kier molecular flexibility index (Phi) is 4.62. The second-order valence-corrected chi connectivity index (χ2v) is 5.49. The number of ether oxygens (including phenoxy) is 1. The zero-order valence-electron chi connectivity index (χ0n) is 13.1. The number of nitrogens with zero attached hydrogens (tertiary/aromatic N) is 1. The number of anilines is 1. The van der Waals surface area contributed by atoms with E-state index in [-0.39, 0.29) is 24.2 Å². The van der Waals surface area contributed by atoms with Gasteiger partial charge in [0.2, 0.25) is 11.7 Å². The lowest BCUT2D eigenvalue weighted by Crippen LogP contribution is -2.28. The summed E-state index contributed by atoms with van der Waals surface area (Å²) in [5.41, 5.74) is 1.02. The van der Waals surface area contributed by atoms with Gasteiger partial charge in [0.25, 0.3) is 5.91 Å². The van der Waals surface area contributed by atoms with E-state index in [4.69, 9.17) is 9.15 Å². The number of amides is 2. The molecule has 2 amide bonds. The molecule has 122 valence electrons. The van der Waals surface area contributed by atoms with Gasteiger partial charge in [-0.2, -0.15) is 0 Å². The highest BCUT2D eigenvalue weighted by atomic mass is 16.5. The third-order valence-corrected chi connectivity index (χ3v) is 3.88. The third kappa shape index (κ3) is 3.22. The van der Waals surface area contributed by atoms with E-state index in [1.807, 2.05) is 25.1 Å². The van der Waals surface area contributed by atoms with Crippen LogP contribution in [0.4, 0.5) is 5.69 Å². The fraction of sp³-hybridized carbons (Fsp3) is 0.412. The van der Waals surface area contributed by atoms with E-state index in [9.17, 15) is 9.59 Å². The summed E-state index contributed by atoms with van der Waals surface area (Å²) >= 11 is 0. The highest BCUT2D eigenvalue weighted by molar-refractivity contribution is 6.11. The molecular formula is C17H20N2O4. The molecule has 1 aliphatic rings. The van der Waals surface area contributed by atoms with Crippen LogP contribution >= 0.6 is 0 Å². The molecule has 6 nitrogen and oxygen atoms in total. The van der Waals surface area contributed by atoms with Gasteiger partial charge in [-0.1, -0.05) is 12.1 Å². The molecule has 1 aromatic carbocycles. The maximum absolute atomic E-state index is 12.7. The lowest BCUT2D eigenvalue weighted by atomic mass is 10.2. The number of para-hydroxylation sites is 1. The number of hydrogen-bond donors (Lipinski definition) is 1. The molecule has 23 heavy (non-hydrogen) atoms. The molecule has 2 aromatic rings. The average molecular weight is 316 g/mol. The van der Waals surface area contributed by atoms with E-state index < -0.39 is 0 Å². The first-order valence-electron chi connectivity index (χ1n) is 7.89. The lowest BCUT2D eigenvalue weighted by Gasteiger charge is -2.14. The summed E-state index contributed by atoms with van der Waals surface area (Å²) in [5, 5.41) is 3.49. The first-order valence-corrected chi connectivity index (χ1v) is 7.89.